The fraction of sp³-hybridized carbons (Fsp3) is 0.208. The average Bonchev–Trinajstić information content (AvgIpc) is 3.20. The Hall–Kier alpha value is -4.15. The van der Waals surface area contributed by atoms with Crippen molar-refractivity contribution in [1.29, 1.82) is 0 Å². The summed E-state index contributed by atoms with van der Waals surface area (Å²) in [5, 5.41) is 12.9. The Morgan fingerprint density at radius 2 is 1.91 bits per heavy atom. The van der Waals surface area contributed by atoms with Gasteiger partial charge in [0.25, 0.3) is 0 Å². The van der Waals surface area contributed by atoms with E-state index < -0.39 is 23.5 Å². The molecule has 0 aliphatic rings. The molecular formula is C24H20F4N4O3. The van der Waals surface area contributed by atoms with Gasteiger partial charge in [0.05, 0.1) is 24.8 Å². The second kappa shape index (κ2) is 9.61. The summed E-state index contributed by atoms with van der Waals surface area (Å²) in [6.45, 7) is 0.196. The van der Waals surface area contributed by atoms with Gasteiger partial charge in [0.15, 0.2) is 0 Å². The molecule has 0 fully saturated rings. The smallest absolute Gasteiger partial charge is 0.416 e. The molecule has 4 rings (SSSR count). The van der Waals surface area contributed by atoms with Crippen molar-refractivity contribution in [1.82, 2.24) is 15.0 Å². The van der Waals surface area contributed by atoms with Crippen LogP contribution in [0.5, 0.6) is 6.01 Å². The number of nitrogens with one attached hydrogen (secondary N) is 2. The number of methoxy groups -OCH3 is 1. The summed E-state index contributed by atoms with van der Waals surface area (Å²) in [4.78, 5) is 22.8. The number of aliphatic carboxylic acids is 1. The third kappa shape index (κ3) is 5.51. The zero-order valence-corrected chi connectivity index (χ0v) is 18.4. The summed E-state index contributed by atoms with van der Waals surface area (Å²) >= 11 is 0. The van der Waals surface area contributed by atoms with E-state index in [1.807, 2.05) is 18.2 Å². The molecule has 35 heavy (non-hydrogen) atoms. The fourth-order valence-electron chi connectivity index (χ4n) is 3.65. The highest BCUT2D eigenvalue weighted by Crippen LogP contribution is 2.31. The number of rotatable bonds is 8. The number of carboxylic acids is 1. The maximum absolute atomic E-state index is 14.1. The molecule has 0 spiro atoms. The lowest BCUT2D eigenvalue weighted by atomic mass is 10.1. The predicted molar refractivity (Wildman–Crippen MR) is 121 cm³/mol. The number of alkyl halides is 3. The number of hydrogen-bond donors (Lipinski definition) is 3. The van der Waals surface area contributed by atoms with Crippen LogP contribution in [-0.2, 0) is 23.8 Å². The highest BCUT2D eigenvalue weighted by Gasteiger charge is 2.31. The minimum atomic E-state index is -4.61. The molecule has 4 aromatic rings. The summed E-state index contributed by atoms with van der Waals surface area (Å²) in [5.74, 6) is -1.50. The summed E-state index contributed by atoms with van der Waals surface area (Å²) in [6, 6.07) is 9.61. The van der Waals surface area contributed by atoms with E-state index in [1.165, 1.54) is 7.11 Å². The number of aromatic amines is 1. The molecule has 0 bridgehead atoms. The predicted octanol–water partition coefficient (Wildman–Crippen LogP) is 5.07. The van der Waals surface area contributed by atoms with Gasteiger partial charge < -0.3 is 20.1 Å². The number of fused-ring (bicyclic) bond motifs is 1. The van der Waals surface area contributed by atoms with Crippen molar-refractivity contribution in [3.05, 3.63) is 71.2 Å². The largest absolute Gasteiger partial charge is 0.481 e. The number of carbonyl (C=O) groups is 1. The third-order valence-electron chi connectivity index (χ3n) is 5.37. The van der Waals surface area contributed by atoms with Crippen LogP contribution in [0.1, 0.15) is 16.7 Å². The molecule has 0 atom stereocenters. The van der Waals surface area contributed by atoms with Crippen LogP contribution < -0.4 is 10.1 Å². The standard InChI is InChI=1S/C24H20F4N4O3/c1-35-23-31-20(14-3-5-19-17(8-14)15(12-30-19)9-22(33)34)11-21(32-23)29-7-6-13-2-4-16(10-18(13)25)24(26,27)28/h2-5,8,10-12,30H,6-7,9H2,1H3,(H,33,34)(H,29,31,32). The van der Waals surface area contributed by atoms with Crippen molar-refractivity contribution < 1.29 is 32.2 Å². The maximum Gasteiger partial charge on any atom is 0.416 e. The Labute approximate surface area is 196 Å². The minimum absolute atomic E-state index is 0.0747. The van der Waals surface area contributed by atoms with Gasteiger partial charge >= 0.3 is 18.2 Å². The molecule has 0 aliphatic carbocycles. The van der Waals surface area contributed by atoms with E-state index in [2.05, 4.69) is 20.3 Å². The van der Waals surface area contributed by atoms with E-state index in [0.29, 0.717) is 28.7 Å². The first kappa shape index (κ1) is 24.0. The lowest BCUT2D eigenvalue weighted by Gasteiger charge is -2.11. The van der Waals surface area contributed by atoms with Gasteiger partial charge in [-0.1, -0.05) is 12.1 Å². The van der Waals surface area contributed by atoms with Crippen molar-refractivity contribution >= 4 is 22.7 Å². The molecule has 0 saturated heterocycles. The Morgan fingerprint density at radius 3 is 2.60 bits per heavy atom. The van der Waals surface area contributed by atoms with Gasteiger partial charge in [-0.25, -0.2) is 4.39 Å². The molecule has 0 unspecified atom stereocenters. The van der Waals surface area contributed by atoms with E-state index in [4.69, 9.17) is 9.84 Å². The van der Waals surface area contributed by atoms with Gasteiger partial charge in [-0.15, -0.1) is 0 Å². The molecule has 182 valence electrons. The van der Waals surface area contributed by atoms with Crippen LogP contribution in [0.25, 0.3) is 22.2 Å². The third-order valence-corrected chi connectivity index (χ3v) is 5.37. The first-order chi connectivity index (χ1) is 16.6. The number of halogens is 4. The second-order valence-corrected chi connectivity index (χ2v) is 7.75. The second-order valence-electron chi connectivity index (χ2n) is 7.75. The number of hydrogen-bond acceptors (Lipinski definition) is 5. The van der Waals surface area contributed by atoms with Gasteiger partial charge in [-0.05, 0) is 41.8 Å². The number of anilines is 1. The van der Waals surface area contributed by atoms with Crippen LogP contribution in [-0.4, -0.2) is 39.7 Å². The Morgan fingerprint density at radius 1 is 1.11 bits per heavy atom. The van der Waals surface area contributed by atoms with Gasteiger partial charge in [-0.2, -0.15) is 23.1 Å². The van der Waals surface area contributed by atoms with Crippen molar-refractivity contribution in [3.63, 3.8) is 0 Å². The lowest BCUT2D eigenvalue weighted by molar-refractivity contribution is -0.138. The summed E-state index contributed by atoms with van der Waals surface area (Å²) in [7, 11) is 1.40. The molecule has 2 heterocycles. The molecule has 7 nitrogen and oxygen atoms in total. The zero-order chi connectivity index (χ0) is 25.2. The fourth-order valence-corrected chi connectivity index (χ4v) is 3.65. The monoisotopic (exact) mass is 488 g/mol. The number of benzene rings is 2. The maximum atomic E-state index is 14.1. The summed E-state index contributed by atoms with van der Waals surface area (Å²) < 4.78 is 57.5. The topological polar surface area (TPSA) is 100 Å². The van der Waals surface area contributed by atoms with Crippen LogP contribution >= 0.6 is 0 Å². The van der Waals surface area contributed by atoms with Crippen LogP contribution in [0.2, 0.25) is 0 Å². The van der Waals surface area contributed by atoms with Crippen LogP contribution in [0.4, 0.5) is 23.4 Å². The van der Waals surface area contributed by atoms with Gasteiger partial charge in [0.2, 0.25) is 0 Å². The normalized spacial score (nSPS) is 11.6. The summed E-state index contributed by atoms with van der Waals surface area (Å²) in [6.07, 6.45) is -2.97. The van der Waals surface area contributed by atoms with Crippen molar-refractivity contribution in [3.8, 4) is 17.3 Å². The molecule has 0 radical (unpaired) electrons. The Bertz CT molecular complexity index is 1390. The molecule has 3 N–H and O–H groups in total. The van der Waals surface area contributed by atoms with E-state index in [1.54, 1.807) is 12.3 Å². The first-order valence-corrected chi connectivity index (χ1v) is 10.5. The van der Waals surface area contributed by atoms with Crippen LogP contribution in [0, 0.1) is 5.82 Å². The van der Waals surface area contributed by atoms with Gasteiger partial charge in [0.1, 0.15) is 11.6 Å². The molecule has 0 aliphatic heterocycles. The van der Waals surface area contributed by atoms with Gasteiger partial charge in [-0.3, -0.25) is 4.79 Å². The number of nitrogens with zero attached hydrogens (tertiary/aromatic N) is 2. The first-order valence-electron chi connectivity index (χ1n) is 10.5. The highest BCUT2D eigenvalue weighted by atomic mass is 19.4. The van der Waals surface area contributed by atoms with Gasteiger partial charge in [0, 0.05) is 35.3 Å². The van der Waals surface area contributed by atoms with Crippen molar-refractivity contribution in [2.45, 2.75) is 19.0 Å². The molecular weight excluding hydrogens is 468 g/mol. The Kier molecular flexibility index (Phi) is 6.59. The quantitative estimate of drug-likeness (QED) is 0.300. The van der Waals surface area contributed by atoms with Crippen molar-refractivity contribution in [2.75, 3.05) is 19.0 Å². The number of H-pyrrole nitrogens is 1. The zero-order valence-electron chi connectivity index (χ0n) is 18.4. The van der Waals surface area contributed by atoms with Crippen LogP contribution in [0.15, 0.2) is 48.7 Å². The van der Waals surface area contributed by atoms with E-state index in [0.717, 1.165) is 23.0 Å². The molecule has 2 aromatic carbocycles. The highest BCUT2D eigenvalue weighted by molar-refractivity contribution is 5.90. The molecule has 2 aromatic heterocycles. The number of carboxylic acid groups (broad SMARTS) is 1. The minimum Gasteiger partial charge on any atom is -0.481 e. The SMILES string of the molecule is COc1nc(NCCc2ccc(C(F)(F)F)cc2F)cc(-c2ccc3[nH]cc(CC(=O)O)c3c2)n1. The number of aromatic nitrogens is 3. The van der Waals surface area contributed by atoms with E-state index >= 15 is 0 Å². The summed E-state index contributed by atoms with van der Waals surface area (Å²) in [5.41, 5.74) is 1.71. The molecule has 0 amide bonds. The average molecular weight is 488 g/mol. The number of ether oxygens (including phenoxy) is 1. The Balaban J connectivity index is 1.54. The molecule has 11 heteroatoms. The molecule has 0 saturated carbocycles. The van der Waals surface area contributed by atoms with E-state index in [-0.39, 0.29) is 31.0 Å². The van der Waals surface area contributed by atoms with E-state index in [9.17, 15) is 22.4 Å². The lowest BCUT2D eigenvalue weighted by Crippen LogP contribution is -2.10. The van der Waals surface area contributed by atoms with Crippen molar-refractivity contribution in [2.24, 2.45) is 0 Å². The van der Waals surface area contributed by atoms with Crippen LogP contribution in [0.3, 0.4) is 0 Å².